The van der Waals surface area contributed by atoms with Gasteiger partial charge in [0, 0.05) is 27.6 Å². The second-order valence-electron chi connectivity index (χ2n) is 7.15. The van der Waals surface area contributed by atoms with E-state index in [-0.39, 0.29) is 5.54 Å². The molecule has 0 fully saturated rings. The van der Waals surface area contributed by atoms with Gasteiger partial charge in [-0.2, -0.15) is 0 Å². The second-order valence-corrected chi connectivity index (χ2v) is 8.39. The number of nitrogens with zero attached hydrogens (tertiary/aromatic N) is 2. The van der Waals surface area contributed by atoms with E-state index in [1.165, 1.54) is 20.4 Å². The standard InChI is InChI=1S/C22H25IN2/c1-5-11-25-21-10-9-17(12-20(21)16(2)14-22(25,3)4)15-24-19-8-6-7-18(23)13-19/h6-10,12-15H,5,11H2,1-4H3. The molecule has 25 heavy (non-hydrogen) atoms. The summed E-state index contributed by atoms with van der Waals surface area (Å²) in [6, 6.07) is 14.9. The van der Waals surface area contributed by atoms with Gasteiger partial charge in [0.15, 0.2) is 0 Å². The van der Waals surface area contributed by atoms with Crippen molar-refractivity contribution in [3.8, 4) is 0 Å². The minimum atomic E-state index is 0.0590. The lowest BCUT2D eigenvalue weighted by Crippen LogP contribution is -2.45. The Kier molecular flexibility index (Phi) is 5.32. The van der Waals surface area contributed by atoms with Gasteiger partial charge in [0.05, 0.1) is 11.2 Å². The van der Waals surface area contributed by atoms with Gasteiger partial charge < -0.3 is 4.90 Å². The molecule has 3 heteroatoms. The fourth-order valence-corrected chi connectivity index (χ4v) is 4.05. The number of aliphatic imine (C=N–C) groups is 1. The van der Waals surface area contributed by atoms with E-state index in [4.69, 9.17) is 0 Å². The summed E-state index contributed by atoms with van der Waals surface area (Å²) in [6.45, 7) is 10.1. The van der Waals surface area contributed by atoms with E-state index in [1.807, 2.05) is 18.3 Å². The minimum absolute atomic E-state index is 0.0590. The molecule has 1 aliphatic rings. The summed E-state index contributed by atoms with van der Waals surface area (Å²) in [4.78, 5) is 7.14. The molecule has 0 spiro atoms. The molecule has 0 saturated carbocycles. The van der Waals surface area contributed by atoms with E-state index < -0.39 is 0 Å². The van der Waals surface area contributed by atoms with Crippen LogP contribution in [0, 0.1) is 3.57 Å². The largest absolute Gasteiger partial charge is 0.362 e. The topological polar surface area (TPSA) is 15.6 Å². The third-order valence-electron chi connectivity index (χ3n) is 4.62. The van der Waals surface area contributed by atoms with Crippen LogP contribution in [0.5, 0.6) is 0 Å². The van der Waals surface area contributed by atoms with E-state index in [2.05, 4.69) is 96.6 Å². The predicted octanol–water partition coefficient (Wildman–Crippen LogP) is 6.45. The molecule has 0 N–H and O–H groups in total. The Morgan fingerprint density at radius 1 is 1.16 bits per heavy atom. The molecule has 1 heterocycles. The molecule has 0 amide bonds. The molecule has 0 unspecified atom stereocenters. The number of anilines is 1. The van der Waals surface area contributed by atoms with Crippen LogP contribution in [0.15, 0.2) is 53.5 Å². The van der Waals surface area contributed by atoms with Crippen LogP contribution in [0.3, 0.4) is 0 Å². The quantitative estimate of drug-likeness (QED) is 0.391. The summed E-state index contributed by atoms with van der Waals surface area (Å²) in [6.07, 6.45) is 5.49. The molecule has 0 aliphatic carbocycles. The van der Waals surface area contributed by atoms with Crippen LogP contribution >= 0.6 is 22.6 Å². The lowest BCUT2D eigenvalue weighted by Gasteiger charge is -2.43. The number of allylic oxidation sites excluding steroid dienone is 1. The van der Waals surface area contributed by atoms with Crippen molar-refractivity contribution in [2.45, 2.75) is 39.7 Å². The van der Waals surface area contributed by atoms with E-state index in [0.717, 1.165) is 24.2 Å². The molecule has 3 rings (SSSR count). The molecule has 0 atom stereocenters. The van der Waals surface area contributed by atoms with E-state index in [0.29, 0.717) is 0 Å². The molecule has 2 aromatic rings. The maximum Gasteiger partial charge on any atom is 0.0640 e. The van der Waals surface area contributed by atoms with Crippen molar-refractivity contribution in [1.82, 2.24) is 0 Å². The average molecular weight is 444 g/mol. The SMILES string of the molecule is CCCN1c2ccc(C=Nc3cccc(I)c3)cc2C(C)=CC1(C)C. The van der Waals surface area contributed by atoms with Crippen LogP contribution in [-0.2, 0) is 0 Å². The van der Waals surface area contributed by atoms with Gasteiger partial charge in [-0.25, -0.2) is 0 Å². The lowest BCUT2D eigenvalue weighted by molar-refractivity contribution is 0.550. The molecule has 0 radical (unpaired) electrons. The summed E-state index contributed by atoms with van der Waals surface area (Å²) >= 11 is 2.32. The number of halogens is 1. The summed E-state index contributed by atoms with van der Waals surface area (Å²) in [5, 5.41) is 0. The number of rotatable bonds is 4. The Morgan fingerprint density at radius 3 is 2.68 bits per heavy atom. The Hall–Kier alpha value is -1.62. The van der Waals surface area contributed by atoms with Crippen molar-refractivity contribution in [2.24, 2.45) is 4.99 Å². The molecule has 2 nitrogen and oxygen atoms in total. The summed E-state index contributed by atoms with van der Waals surface area (Å²) < 4.78 is 1.20. The molecule has 0 aromatic heterocycles. The van der Waals surface area contributed by atoms with Crippen LogP contribution in [0.4, 0.5) is 11.4 Å². The third kappa shape index (κ3) is 3.97. The number of benzene rings is 2. The molecule has 1 aliphatic heterocycles. The Bertz CT molecular complexity index is 834. The fraction of sp³-hybridized carbons (Fsp3) is 0.318. The molecule has 0 bridgehead atoms. The van der Waals surface area contributed by atoms with Crippen LogP contribution in [0.2, 0.25) is 0 Å². The lowest BCUT2D eigenvalue weighted by atomic mass is 9.88. The highest BCUT2D eigenvalue weighted by Crippen LogP contribution is 2.39. The Balaban J connectivity index is 1.95. The monoisotopic (exact) mass is 444 g/mol. The highest BCUT2D eigenvalue weighted by Gasteiger charge is 2.30. The summed E-state index contributed by atoms with van der Waals surface area (Å²) in [7, 11) is 0. The average Bonchev–Trinajstić information content (AvgIpc) is 2.56. The van der Waals surface area contributed by atoms with E-state index >= 15 is 0 Å². The van der Waals surface area contributed by atoms with Crippen molar-refractivity contribution in [3.63, 3.8) is 0 Å². The number of fused-ring (bicyclic) bond motifs is 1. The molecule has 2 aromatic carbocycles. The van der Waals surface area contributed by atoms with Crippen LogP contribution in [0.25, 0.3) is 5.57 Å². The second kappa shape index (κ2) is 7.32. The molecule has 0 saturated heterocycles. The van der Waals surface area contributed by atoms with Gasteiger partial charge in [-0.15, -0.1) is 0 Å². The van der Waals surface area contributed by atoms with Gasteiger partial charge in [0.2, 0.25) is 0 Å². The van der Waals surface area contributed by atoms with Gasteiger partial charge >= 0.3 is 0 Å². The molecular formula is C22H25IN2. The third-order valence-corrected chi connectivity index (χ3v) is 5.29. The fourth-order valence-electron chi connectivity index (χ4n) is 3.52. The zero-order valence-electron chi connectivity index (χ0n) is 15.4. The highest BCUT2D eigenvalue weighted by atomic mass is 127. The van der Waals surface area contributed by atoms with Gasteiger partial charge in [0.1, 0.15) is 0 Å². The maximum absolute atomic E-state index is 4.63. The number of hydrogen-bond acceptors (Lipinski definition) is 2. The van der Waals surface area contributed by atoms with Crippen molar-refractivity contribution in [2.75, 3.05) is 11.4 Å². The van der Waals surface area contributed by atoms with Gasteiger partial charge in [-0.05, 0) is 91.3 Å². The maximum atomic E-state index is 4.63. The van der Waals surface area contributed by atoms with E-state index in [1.54, 1.807) is 0 Å². The Morgan fingerprint density at radius 2 is 1.96 bits per heavy atom. The first-order valence-electron chi connectivity index (χ1n) is 8.82. The van der Waals surface area contributed by atoms with Gasteiger partial charge in [-0.1, -0.05) is 25.1 Å². The molecular weight excluding hydrogens is 419 g/mol. The van der Waals surface area contributed by atoms with Crippen molar-refractivity contribution in [1.29, 1.82) is 0 Å². The number of hydrogen-bond donors (Lipinski definition) is 0. The smallest absolute Gasteiger partial charge is 0.0640 e. The van der Waals surface area contributed by atoms with Crippen molar-refractivity contribution in [3.05, 3.63) is 63.2 Å². The van der Waals surface area contributed by atoms with Crippen LogP contribution < -0.4 is 4.90 Å². The minimum Gasteiger partial charge on any atom is -0.362 e. The van der Waals surface area contributed by atoms with E-state index in [9.17, 15) is 0 Å². The highest BCUT2D eigenvalue weighted by molar-refractivity contribution is 14.1. The summed E-state index contributed by atoms with van der Waals surface area (Å²) in [5.41, 5.74) is 6.19. The normalized spacial score (nSPS) is 16.0. The first-order chi connectivity index (χ1) is 11.9. The van der Waals surface area contributed by atoms with Crippen LogP contribution in [0.1, 0.15) is 45.2 Å². The van der Waals surface area contributed by atoms with Crippen LogP contribution in [-0.4, -0.2) is 18.3 Å². The predicted molar refractivity (Wildman–Crippen MR) is 118 cm³/mol. The van der Waals surface area contributed by atoms with Gasteiger partial charge in [0.25, 0.3) is 0 Å². The first kappa shape index (κ1) is 18.2. The van der Waals surface area contributed by atoms with Crippen molar-refractivity contribution < 1.29 is 0 Å². The van der Waals surface area contributed by atoms with Gasteiger partial charge in [-0.3, -0.25) is 4.99 Å². The zero-order chi connectivity index (χ0) is 18.0. The van der Waals surface area contributed by atoms with Crippen molar-refractivity contribution >= 4 is 45.8 Å². The first-order valence-corrected chi connectivity index (χ1v) is 9.90. The molecule has 130 valence electrons. The summed E-state index contributed by atoms with van der Waals surface area (Å²) in [5.74, 6) is 0. The Labute approximate surface area is 164 Å². The zero-order valence-corrected chi connectivity index (χ0v) is 17.5.